The quantitative estimate of drug-likeness (QED) is 0.721. The fourth-order valence-corrected chi connectivity index (χ4v) is 1.97. The van der Waals surface area contributed by atoms with Gasteiger partial charge < -0.3 is 14.4 Å². The Morgan fingerprint density at radius 3 is 2.44 bits per heavy atom. The van der Waals surface area contributed by atoms with Gasteiger partial charge in [-0.25, -0.2) is 0 Å². The molecule has 1 unspecified atom stereocenters. The van der Waals surface area contributed by atoms with Crippen molar-refractivity contribution >= 4 is 15.9 Å². The smallest absolute Gasteiger partial charge is 0.161 e. The third-order valence-corrected chi connectivity index (χ3v) is 3.27. The largest absolute Gasteiger partial charge is 0.493 e. The average molecular weight is 316 g/mol. The monoisotopic (exact) mass is 315 g/mol. The molecule has 0 saturated heterocycles. The Hall–Kier alpha value is -0.740. The number of methoxy groups -OCH3 is 2. The predicted octanol–water partition coefficient (Wildman–Crippen LogP) is 3.31. The van der Waals surface area contributed by atoms with Gasteiger partial charge in [-0.3, -0.25) is 0 Å². The van der Waals surface area contributed by atoms with Crippen molar-refractivity contribution in [2.45, 2.75) is 24.7 Å². The van der Waals surface area contributed by atoms with Crippen molar-refractivity contribution in [3.63, 3.8) is 0 Å². The lowest BCUT2D eigenvalue weighted by Gasteiger charge is -2.18. The molecule has 102 valence electrons. The predicted molar refractivity (Wildman–Crippen MR) is 78.9 cm³/mol. The molecular weight excluding hydrogens is 294 g/mol. The van der Waals surface area contributed by atoms with Crippen LogP contribution in [0.4, 0.5) is 0 Å². The Labute approximate surface area is 118 Å². The van der Waals surface area contributed by atoms with Gasteiger partial charge in [-0.2, -0.15) is 0 Å². The number of nitrogens with zero attached hydrogens (tertiary/aromatic N) is 1. The second kappa shape index (κ2) is 7.64. The summed E-state index contributed by atoms with van der Waals surface area (Å²) in [6, 6.07) is 6.07. The van der Waals surface area contributed by atoms with Gasteiger partial charge in [-0.1, -0.05) is 28.9 Å². The maximum absolute atomic E-state index is 5.31. The molecule has 1 aromatic rings. The van der Waals surface area contributed by atoms with Gasteiger partial charge in [0.2, 0.25) is 0 Å². The molecule has 0 heterocycles. The van der Waals surface area contributed by atoms with E-state index in [0.717, 1.165) is 31.0 Å². The zero-order valence-corrected chi connectivity index (χ0v) is 13.2. The molecule has 0 N–H and O–H groups in total. The maximum Gasteiger partial charge on any atom is 0.161 e. The number of alkyl halides is 1. The van der Waals surface area contributed by atoms with Crippen molar-refractivity contribution in [3.05, 3.63) is 23.8 Å². The van der Waals surface area contributed by atoms with Crippen LogP contribution in [0.25, 0.3) is 0 Å². The summed E-state index contributed by atoms with van der Waals surface area (Å²) in [5.41, 5.74) is 1.23. The maximum atomic E-state index is 5.31. The second-order valence-corrected chi connectivity index (χ2v) is 6.06. The Morgan fingerprint density at radius 2 is 1.89 bits per heavy atom. The highest BCUT2D eigenvalue weighted by molar-refractivity contribution is 9.09. The van der Waals surface area contributed by atoms with Crippen LogP contribution in [-0.2, 0) is 6.54 Å². The Bertz CT molecular complexity index is 369. The van der Waals surface area contributed by atoms with Crippen molar-refractivity contribution in [3.8, 4) is 11.5 Å². The van der Waals surface area contributed by atoms with Gasteiger partial charge in [0.25, 0.3) is 0 Å². The molecule has 3 nitrogen and oxygen atoms in total. The summed E-state index contributed by atoms with van der Waals surface area (Å²) in [5.74, 6) is 1.57. The van der Waals surface area contributed by atoms with E-state index < -0.39 is 0 Å². The van der Waals surface area contributed by atoms with Gasteiger partial charge >= 0.3 is 0 Å². The van der Waals surface area contributed by atoms with Gasteiger partial charge in [-0.05, 0) is 37.7 Å². The topological polar surface area (TPSA) is 21.7 Å². The first kappa shape index (κ1) is 15.3. The SMILES string of the molecule is COc1ccc(CN(C)CCC(C)Br)cc1OC. The molecule has 1 rings (SSSR count). The van der Waals surface area contributed by atoms with E-state index in [1.807, 2.05) is 12.1 Å². The second-order valence-electron chi connectivity index (χ2n) is 4.50. The first-order valence-corrected chi connectivity index (χ1v) is 7.02. The van der Waals surface area contributed by atoms with E-state index in [9.17, 15) is 0 Å². The Balaban J connectivity index is 2.61. The van der Waals surface area contributed by atoms with E-state index in [2.05, 4.69) is 40.9 Å². The van der Waals surface area contributed by atoms with Crippen molar-refractivity contribution < 1.29 is 9.47 Å². The summed E-state index contributed by atoms with van der Waals surface area (Å²) in [6.45, 7) is 4.16. The average Bonchev–Trinajstić information content (AvgIpc) is 2.36. The number of halogens is 1. The number of rotatable bonds is 7. The third-order valence-electron chi connectivity index (χ3n) is 2.81. The van der Waals surface area contributed by atoms with Crippen LogP contribution in [0.1, 0.15) is 18.9 Å². The van der Waals surface area contributed by atoms with Crippen LogP contribution in [0, 0.1) is 0 Å². The van der Waals surface area contributed by atoms with Gasteiger partial charge in [0, 0.05) is 11.4 Å². The van der Waals surface area contributed by atoms with E-state index in [4.69, 9.17) is 9.47 Å². The minimum absolute atomic E-state index is 0.561. The van der Waals surface area contributed by atoms with Crippen molar-refractivity contribution in [2.75, 3.05) is 27.8 Å². The summed E-state index contributed by atoms with van der Waals surface area (Å²) < 4.78 is 10.5. The lowest BCUT2D eigenvalue weighted by Crippen LogP contribution is -2.20. The van der Waals surface area contributed by atoms with Gasteiger partial charge in [0.1, 0.15) is 0 Å². The lowest BCUT2D eigenvalue weighted by molar-refractivity contribution is 0.320. The molecular formula is C14H22BrNO2. The molecule has 4 heteroatoms. The molecule has 0 fully saturated rings. The molecule has 0 aliphatic rings. The molecule has 1 aromatic carbocycles. The summed E-state index contributed by atoms with van der Waals surface area (Å²) >= 11 is 3.57. The Kier molecular flexibility index (Phi) is 6.50. The van der Waals surface area contributed by atoms with E-state index >= 15 is 0 Å². The minimum Gasteiger partial charge on any atom is -0.493 e. The van der Waals surface area contributed by atoms with Gasteiger partial charge in [-0.15, -0.1) is 0 Å². The zero-order valence-electron chi connectivity index (χ0n) is 11.6. The van der Waals surface area contributed by atoms with Crippen LogP contribution in [0.5, 0.6) is 11.5 Å². The highest BCUT2D eigenvalue weighted by Gasteiger charge is 2.07. The van der Waals surface area contributed by atoms with E-state index in [0.29, 0.717) is 4.83 Å². The van der Waals surface area contributed by atoms with E-state index in [1.54, 1.807) is 14.2 Å². The Morgan fingerprint density at radius 1 is 1.22 bits per heavy atom. The summed E-state index contributed by atoms with van der Waals surface area (Å²) in [7, 11) is 5.45. The fourth-order valence-electron chi connectivity index (χ4n) is 1.77. The molecule has 0 aliphatic heterocycles. The van der Waals surface area contributed by atoms with Crippen LogP contribution < -0.4 is 9.47 Å². The summed E-state index contributed by atoms with van der Waals surface area (Å²) in [4.78, 5) is 2.87. The molecule has 1 atom stereocenters. The van der Waals surface area contributed by atoms with Crippen molar-refractivity contribution in [1.29, 1.82) is 0 Å². The first-order chi connectivity index (χ1) is 8.56. The van der Waals surface area contributed by atoms with Crippen LogP contribution >= 0.6 is 15.9 Å². The number of ether oxygens (including phenoxy) is 2. The molecule has 0 saturated carbocycles. The standard InChI is InChI=1S/C14H22BrNO2/c1-11(15)7-8-16(2)10-12-5-6-13(17-3)14(9-12)18-4/h5-6,9,11H,7-8,10H2,1-4H3. The number of benzene rings is 1. The van der Waals surface area contributed by atoms with Crippen molar-refractivity contribution in [1.82, 2.24) is 4.90 Å². The van der Waals surface area contributed by atoms with Gasteiger partial charge in [0.15, 0.2) is 11.5 Å². The molecule has 18 heavy (non-hydrogen) atoms. The van der Waals surface area contributed by atoms with Crippen LogP contribution in [0.3, 0.4) is 0 Å². The minimum atomic E-state index is 0.561. The molecule has 0 aliphatic carbocycles. The molecule has 0 radical (unpaired) electrons. The van der Waals surface area contributed by atoms with Crippen LogP contribution in [0.15, 0.2) is 18.2 Å². The normalized spacial score (nSPS) is 12.6. The number of hydrogen-bond acceptors (Lipinski definition) is 3. The first-order valence-electron chi connectivity index (χ1n) is 6.10. The summed E-state index contributed by atoms with van der Waals surface area (Å²) in [6.07, 6.45) is 1.14. The van der Waals surface area contributed by atoms with E-state index in [1.165, 1.54) is 5.56 Å². The molecule has 0 aromatic heterocycles. The molecule has 0 spiro atoms. The highest BCUT2D eigenvalue weighted by Crippen LogP contribution is 2.27. The lowest BCUT2D eigenvalue weighted by atomic mass is 10.2. The van der Waals surface area contributed by atoms with Crippen LogP contribution in [0.2, 0.25) is 0 Å². The zero-order chi connectivity index (χ0) is 13.5. The van der Waals surface area contributed by atoms with Gasteiger partial charge in [0.05, 0.1) is 14.2 Å². The van der Waals surface area contributed by atoms with Crippen LogP contribution in [-0.4, -0.2) is 37.5 Å². The number of hydrogen-bond donors (Lipinski definition) is 0. The molecule has 0 amide bonds. The molecule has 0 bridgehead atoms. The summed E-state index contributed by atoms with van der Waals surface area (Å²) in [5, 5.41) is 0. The third kappa shape index (κ3) is 4.86. The van der Waals surface area contributed by atoms with E-state index in [-0.39, 0.29) is 0 Å². The fraction of sp³-hybridized carbons (Fsp3) is 0.571. The highest BCUT2D eigenvalue weighted by atomic mass is 79.9. The van der Waals surface area contributed by atoms with Crippen molar-refractivity contribution in [2.24, 2.45) is 0 Å².